The normalized spacial score (nSPS) is 14.9. The molecule has 0 aliphatic carbocycles. The summed E-state index contributed by atoms with van der Waals surface area (Å²) in [5, 5.41) is 2.99. The Balaban J connectivity index is 1.36. The fourth-order valence-corrected chi connectivity index (χ4v) is 4.12. The molecule has 3 amide bonds. The molecule has 1 atom stereocenters. The number of hydrogen-bond acceptors (Lipinski definition) is 4. The molecule has 1 N–H and O–H groups in total. The highest BCUT2D eigenvalue weighted by molar-refractivity contribution is 6.30. The van der Waals surface area contributed by atoms with Crippen molar-refractivity contribution in [2.75, 3.05) is 32.7 Å². The van der Waals surface area contributed by atoms with Crippen LogP contribution in [0.15, 0.2) is 72.8 Å². The smallest absolute Gasteiger partial charge is 0.324 e. The summed E-state index contributed by atoms with van der Waals surface area (Å²) in [4.78, 5) is 28.5. The van der Waals surface area contributed by atoms with E-state index in [1.54, 1.807) is 47.4 Å². The Hall–Kier alpha value is -3.33. The molecule has 9 heteroatoms. The van der Waals surface area contributed by atoms with Gasteiger partial charge in [0.2, 0.25) is 0 Å². The molecule has 1 aliphatic rings. The molecular weight excluding hydrogens is 488 g/mol. The summed E-state index contributed by atoms with van der Waals surface area (Å²) in [5.74, 6) is -1.76. The minimum atomic E-state index is -0.658. The number of rotatable bonds is 7. The second-order valence-corrected chi connectivity index (χ2v) is 8.90. The third kappa shape index (κ3) is 6.66. The largest absolute Gasteiger partial charge is 0.367 e. The molecule has 3 aromatic rings. The molecule has 0 aromatic heterocycles. The number of carbonyl (C=O) groups is 2. The highest BCUT2D eigenvalue weighted by Gasteiger charge is 2.26. The zero-order valence-electron chi connectivity index (χ0n) is 19.5. The fourth-order valence-electron chi connectivity index (χ4n) is 3.99. The number of nitrogens with one attached hydrogen (secondary N) is 1. The van der Waals surface area contributed by atoms with E-state index < -0.39 is 29.7 Å². The van der Waals surface area contributed by atoms with E-state index in [0.717, 1.165) is 5.56 Å². The van der Waals surface area contributed by atoms with Crippen LogP contribution in [0, 0.1) is 11.6 Å². The van der Waals surface area contributed by atoms with Crippen LogP contribution >= 0.6 is 11.6 Å². The summed E-state index contributed by atoms with van der Waals surface area (Å²) in [6.45, 7) is 2.17. The molecule has 0 saturated carbocycles. The maximum atomic E-state index is 14.1. The van der Waals surface area contributed by atoms with Gasteiger partial charge in [0.15, 0.2) is 0 Å². The Morgan fingerprint density at radius 1 is 0.889 bits per heavy atom. The predicted octanol–water partition coefficient (Wildman–Crippen LogP) is 5.04. The van der Waals surface area contributed by atoms with Crippen LogP contribution in [-0.4, -0.2) is 54.5 Å². The summed E-state index contributed by atoms with van der Waals surface area (Å²) < 4.78 is 34.2. The van der Waals surface area contributed by atoms with Gasteiger partial charge < -0.3 is 9.64 Å². The van der Waals surface area contributed by atoms with Gasteiger partial charge in [-0.3, -0.25) is 15.0 Å². The highest BCUT2D eigenvalue weighted by Crippen LogP contribution is 2.24. The molecule has 0 spiro atoms. The molecule has 1 fully saturated rings. The van der Waals surface area contributed by atoms with E-state index in [0.29, 0.717) is 43.3 Å². The lowest BCUT2D eigenvalue weighted by molar-refractivity contribution is 0.00345. The van der Waals surface area contributed by atoms with E-state index in [-0.39, 0.29) is 12.2 Å². The van der Waals surface area contributed by atoms with Gasteiger partial charge in [0.05, 0.1) is 12.7 Å². The first-order valence-corrected chi connectivity index (χ1v) is 12.0. The molecule has 3 aromatic carbocycles. The summed E-state index contributed by atoms with van der Waals surface area (Å²) in [6, 6.07) is 18.9. The lowest BCUT2D eigenvalue weighted by Crippen LogP contribution is -2.53. The maximum Gasteiger partial charge on any atom is 0.324 e. The number of carbonyl (C=O) groups excluding carboxylic acids is 2. The van der Waals surface area contributed by atoms with Crippen LogP contribution in [0.2, 0.25) is 5.02 Å². The minimum absolute atomic E-state index is 0.124. The van der Waals surface area contributed by atoms with Crippen molar-refractivity contribution in [3.63, 3.8) is 0 Å². The van der Waals surface area contributed by atoms with Gasteiger partial charge in [-0.2, -0.15) is 0 Å². The third-order valence-corrected chi connectivity index (χ3v) is 6.32. The van der Waals surface area contributed by atoms with Crippen LogP contribution in [0.1, 0.15) is 27.6 Å². The van der Waals surface area contributed by atoms with Gasteiger partial charge in [-0.15, -0.1) is 0 Å². The average Bonchev–Trinajstić information content (AvgIpc) is 2.89. The first-order chi connectivity index (χ1) is 17.4. The molecular formula is C27H26ClF2N3O3. The second kappa shape index (κ2) is 12.1. The first-order valence-electron chi connectivity index (χ1n) is 11.6. The standard InChI is InChI=1S/C27H26ClF2N3O3/c28-21-11-9-19(10-12-21)25(36-18-22-23(29)7-4-8-24(22)30)17-32-13-15-33(16-14-32)27(35)31-26(34)20-5-2-1-3-6-20/h1-12,25H,13-18H2,(H,31,34,35). The summed E-state index contributed by atoms with van der Waals surface area (Å²) in [6.07, 6.45) is -0.471. The topological polar surface area (TPSA) is 61.9 Å². The number of nitrogens with zero attached hydrogens (tertiary/aromatic N) is 2. The van der Waals surface area contributed by atoms with Crippen molar-refractivity contribution in [1.29, 1.82) is 0 Å². The van der Waals surface area contributed by atoms with Crippen LogP contribution in [0.25, 0.3) is 0 Å². The van der Waals surface area contributed by atoms with Crippen LogP contribution < -0.4 is 5.32 Å². The molecule has 4 rings (SSSR count). The molecule has 0 radical (unpaired) electrons. The van der Waals surface area contributed by atoms with Gasteiger partial charge in [-0.25, -0.2) is 13.6 Å². The molecule has 6 nitrogen and oxygen atoms in total. The number of piperazine rings is 1. The summed E-state index contributed by atoms with van der Waals surface area (Å²) in [7, 11) is 0. The SMILES string of the molecule is O=C(NC(=O)N1CCN(CC(OCc2c(F)cccc2F)c2ccc(Cl)cc2)CC1)c1ccccc1. The number of amides is 3. The van der Waals surface area contributed by atoms with Crippen LogP contribution in [0.4, 0.5) is 13.6 Å². The Kier molecular flexibility index (Phi) is 8.64. The van der Waals surface area contributed by atoms with Crippen molar-refractivity contribution in [3.05, 3.63) is 106 Å². The average molecular weight is 514 g/mol. The van der Waals surface area contributed by atoms with Crippen molar-refractivity contribution in [3.8, 4) is 0 Å². The Morgan fingerprint density at radius 3 is 2.17 bits per heavy atom. The van der Waals surface area contributed by atoms with Gasteiger partial charge in [0.25, 0.3) is 5.91 Å². The summed E-state index contributed by atoms with van der Waals surface area (Å²) in [5.41, 5.74) is 1.12. The molecule has 1 unspecified atom stereocenters. The van der Waals surface area contributed by atoms with E-state index in [2.05, 4.69) is 10.2 Å². The van der Waals surface area contributed by atoms with E-state index >= 15 is 0 Å². The van der Waals surface area contributed by atoms with Gasteiger partial charge in [-0.05, 0) is 42.0 Å². The first kappa shape index (κ1) is 25.8. The van der Waals surface area contributed by atoms with Crippen LogP contribution in [0.3, 0.4) is 0 Å². The van der Waals surface area contributed by atoms with E-state index in [1.165, 1.54) is 18.2 Å². The third-order valence-electron chi connectivity index (χ3n) is 6.07. The van der Waals surface area contributed by atoms with Crippen molar-refractivity contribution >= 4 is 23.5 Å². The zero-order valence-corrected chi connectivity index (χ0v) is 20.3. The molecule has 1 saturated heterocycles. The number of imide groups is 1. The molecule has 1 aliphatic heterocycles. The summed E-state index contributed by atoms with van der Waals surface area (Å²) >= 11 is 6.03. The molecule has 188 valence electrons. The maximum absolute atomic E-state index is 14.1. The number of halogens is 3. The number of benzene rings is 3. The van der Waals surface area contributed by atoms with Crippen molar-refractivity contribution in [1.82, 2.24) is 15.1 Å². The lowest BCUT2D eigenvalue weighted by Gasteiger charge is -2.36. The van der Waals surface area contributed by atoms with Crippen LogP contribution in [-0.2, 0) is 11.3 Å². The van der Waals surface area contributed by atoms with E-state index in [4.69, 9.17) is 16.3 Å². The fraction of sp³-hybridized carbons (Fsp3) is 0.259. The van der Waals surface area contributed by atoms with Gasteiger partial charge in [-0.1, -0.05) is 48.0 Å². The Labute approximate surface area is 213 Å². The lowest BCUT2D eigenvalue weighted by atomic mass is 10.1. The molecule has 36 heavy (non-hydrogen) atoms. The Morgan fingerprint density at radius 2 is 1.53 bits per heavy atom. The monoisotopic (exact) mass is 513 g/mol. The van der Waals surface area contributed by atoms with Gasteiger partial charge >= 0.3 is 6.03 Å². The van der Waals surface area contributed by atoms with E-state index in [9.17, 15) is 18.4 Å². The van der Waals surface area contributed by atoms with Crippen molar-refractivity contribution in [2.24, 2.45) is 0 Å². The van der Waals surface area contributed by atoms with E-state index in [1.807, 2.05) is 12.1 Å². The minimum Gasteiger partial charge on any atom is -0.367 e. The number of hydrogen-bond donors (Lipinski definition) is 1. The number of urea groups is 1. The van der Waals surface area contributed by atoms with Gasteiger partial charge in [0.1, 0.15) is 11.6 Å². The van der Waals surface area contributed by atoms with Crippen molar-refractivity contribution in [2.45, 2.75) is 12.7 Å². The highest BCUT2D eigenvalue weighted by atomic mass is 35.5. The van der Waals surface area contributed by atoms with Crippen molar-refractivity contribution < 1.29 is 23.1 Å². The number of ether oxygens (including phenoxy) is 1. The second-order valence-electron chi connectivity index (χ2n) is 8.46. The van der Waals surface area contributed by atoms with Gasteiger partial charge in [0, 0.05) is 48.9 Å². The van der Waals surface area contributed by atoms with Crippen LogP contribution in [0.5, 0.6) is 0 Å². The predicted molar refractivity (Wildman–Crippen MR) is 133 cm³/mol. The molecule has 0 bridgehead atoms. The Bertz CT molecular complexity index is 1170. The molecule has 1 heterocycles. The quantitative estimate of drug-likeness (QED) is 0.480. The zero-order chi connectivity index (χ0) is 25.5.